The number of fused-ring (bicyclic) bond motifs is 2. The van der Waals surface area contributed by atoms with Crippen LogP contribution in [0, 0.1) is 5.92 Å². The molecule has 3 amide bonds. The lowest BCUT2D eigenvalue weighted by Gasteiger charge is -2.30. The first-order chi connectivity index (χ1) is 21.6. The van der Waals surface area contributed by atoms with Crippen LogP contribution < -0.4 is 15.1 Å². The number of aromatic nitrogens is 1. The zero-order valence-electron chi connectivity index (χ0n) is 22.9. The number of imide groups is 1. The van der Waals surface area contributed by atoms with Crippen LogP contribution in [-0.2, 0) is 33.3 Å². The van der Waals surface area contributed by atoms with E-state index >= 15 is 0 Å². The second-order valence-corrected chi connectivity index (χ2v) is 13.4. The van der Waals surface area contributed by atoms with Gasteiger partial charge in [0.1, 0.15) is 11.8 Å². The largest absolute Gasteiger partial charge is 0.416 e. The molecule has 16 heteroatoms. The summed E-state index contributed by atoms with van der Waals surface area (Å²) in [7, 11) is 0. The third-order valence-electron chi connectivity index (χ3n) is 7.49. The van der Waals surface area contributed by atoms with E-state index in [1.54, 1.807) is 24.3 Å². The molecule has 7 nitrogen and oxygen atoms in total. The van der Waals surface area contributed by atoms with Gasteiger partial charge in [0.2, 0.25) is 17.7 Å². The Hall–Kier alpha value is -3.89. The molecular weight excluding hydrogens is 724 g/mol. The lowest BCUT2D eigenvalue weighted by atomic mass is 9.83. The summed E-state index contributed by atoms with van der Waals surface area (Å²) in [6.45, 7) is -0.613. The number of amides is 3. The second-order valence-electron chi connectivity index (χ2n) is 10.4. The molecule has 1 fully saturated rings. The van der Waals surface area contributed by atoms with Crippen LogP contribution in [0.5, 0.6) is 0 Å². The Morgan fingerprint density at radius 3 is 2.13 bits per heavy atom. The number of halogens is 7. The molecule has 0 aliphatic carbocycles. The first-order valence-corrected chi connectivity index (χ1v) is 15.8. The summed E-state index contributed by atoms with van der Waals surface area (Å²) < 4.78 is 81.7. The van der Waals surface area contributed by atoms with Crippen LogP contribution in [0.4, 0.5) is 37.7 Å². The molecule has 238 valence electrons. The van der Waals surface area contributed by atoms with Gasteiger partial charge in [-0.15, -0.1) is 0 Å². The molecular formula is C30H18BrF6N3O4S2. The highest BCUT2D eigenvalue weighted by molar-refractivity contribution is 9.10. The van der Waals surface area contributed by atoms with E-state index in [0.717, 1.165) is 69.0 Å². The van der Waals surface area contributed by atoms with Gasteiger partial charge >= 0.3 is 17.2 Å². The van der Waals surface area contributed by atoms with Crippen molar-refractivity contribution in [3.05, 3.63) is 109 Å². The van der Waals surface area contributed by atoms with Gasteiger partial charge in [0.15, 0.2) is 0 Å². The van der Waals surface area contributed by atoms with Gasteiger partial charge in [-0.05, 0) is 54.1 Å². The molecule has 3 atom stereocenters. The monoisotopic (exact) mass is 741 g/mol. The molecule has 0 radical (unpaired) electrons. The van der Waals surface area contributed by atoms with Crippen molar-refractivity contribution in [2.24, 2.45) is 5.92 Å². The molecule has 6 rings (SSSR count). The number of carbonyl (C=O) groups is 3. The van der Waals surface area contributed by atoms with Crippen molar-refractivity contribution >= 4 is 68.1 Å². The number of benzene rings is 3. The Morgan fingerprint density at radius 1 is 0.848 bits per heavy atom. The number of carbonyl (C=O) groups excluding carboxylic acids is 3. The zero-order chi connectivity index (χ0) is 33.1. The maximum Gasteiger partial charge on any atom is 0.416 e. The summed E-state index contributed by atoms with van der Waals surface area (Å²) in [6.07, 6.45) is -9.37. The zero-order valence-corrected chi connectivity index (χ0v) is 26.1. The summed E-state index contributed by atoms with van der Waals surface area (Å²) >= 11 is 4.94. The van der Waals surface area contributed by atoms with E-state index in [1.807, 2.05) is 0 Å². The van der Waals surface area contributed by atoms with Crippen LogP contribution in [0.25, 0.3) is 0 Å². The van der Waals surface area contributed by atoms with Crippen LogP contribution in [0.1, 0.15) is 27.5 Å². The Kier molecular flexibility index (Phi) is 8.17. The van der Waals surface area contributed by atoms with E-state index in [2.05, 4.69) is 21.2 Å². The van der Waals surface area contributed by atoms with Gasteiger partial charge < -0.3 is 5.32 Å². The minimum atomic E-state index is -4.72. The molecule has 0 spiro atoms. The Balaban J connectivity index is 1.38. The van der Waals surface area contributed by atoms with E-state index in [0.29, 0.717) is 14.9 Å². The second kappa shape index (κ2) is 11.7. The first kappa shape index (κ1) is 32.1. The lowest BCUT2D eigenvalue weighted by Crippen LogP contribution is -2.33. The predicted octanol–water partition coefficient (Wildman–Crippen LogP) is 7.14. The number of thioether (sulfide) groups is 1. The molecule has 1 saturated heterocycles. The fourth-order valence-corrected chi connectivity index (χ4v) is 8.52. The minimum Gasteiger partial charge on any atom is -0.325 e. The van der Waals surface area contributed by atoms with Crippen LogP contribution in [0.2, 0.25) is 0 Å². The van der Waals surface area contributed by atoms with Gasteiger partial charge in [0.05, 0.1) is 27.8 Å². The summed E-state index contributed by atoms with van der Waals surface area (Å²) in [6, 6.07) is 14.6. The molecule has 1 aromatic heterocycles. The number of nitrogens with one attached hydrogen (secondary N) is 1. The summed E-state index contributed by atoms with van der Waals surface area (Å²) in [5.74, 6) is -4.30. The summed E-state index contributed by atoms with van der Waals surface area (Å²) in [5, 5.41) is 1.40. The van der Waals surface area contributed by atoms with Crippen molar-refractivity contribution < 1.29 is 40.7 Å². The van der Waals surface area contributed by atoms with Gasteiger partial charge in [-0.3, -0.25) is 23.7 Å². The number of rotatable bonds is 5. The molecule has 4 aromatic rings. The highest BCUT2D eigenvalue weighted by Gasteiger charge is 2.57. The van der Waals surface area contributed by atoms with Crippen LogP contribution in [-0.4, -0.2) is 27.5 Å². The number of nitrogens with zero attached hydrogens (tertiary/aromatic N) is 2. The topological polar surface area (TPSA) is 88.5 Å². The Morgan fingerprint density at radius 2 is 1.48 bits per heavy atom. The fraction of sp³-hybridized carbons (Fsp3) is 0.200. The van der Waals surface area contributed by atoms with E-state index in [1.165, 1.54) is 12.1 Å². The molecule has 0 saturated carbocycles. The van der Waals surface area contributed by atoms with Gasteiger partial charge in [0, 0.05) is 21.0 Å². The third kappa shape index (κ3) is 5.88. The SMILES string of the molecule is O=C(Cn1c2c(sc1=O)[C@H](c1ccc(Br)cc1)C1C(=O)N(c3cccc(C(F)(F)F)c3)C(=O)C1S2)Nc1cccc(C(F)(F)F)c1. The van der Waals surface area contributed by atoms with Gasteiger partial charge in [-0.1, -0.05) is 63.3 Å². The van der Waals surface area contributed by atoms with Crippen LogP contribution >= 0.6 is 39.0 Å². The van der Waals surface area contributed by atoms with Crippen LogP contribution in [0.3, 0.4) is 0 Å². The smallest absolute Gasteiger partial charge is 0.325 e. The quantitative estimate of drug-likeness (QED) is 0.174. The van der Waals surface area contributed by atoms with E-state index in [9.17, 15) is 45.5 Å². The lowest BCUT2D eigenvalue weighted by molar-refractivity contribution is -0.138. The maximum absolute atomic E-state index is 13.9. The minimum absolute atomic E-state index is 0.147. The predicted molar refractivity (Wildman–Crippen MR) is 162 cm³/mol. The Bertz CT molecular complexity index is 1940. The van der Waals surface area contributed by atoms with Gasteiger partial charge in [-0.25, -0.2) is 4.90 Å². The molecule has 3 heterocycles. The molecule has 1 N–H and O–H groups in total. The van der Waals surface area contributed by atoms with Gasteiger partial charge in [0.25, 0.3) is 0 Å². The highest BCUT2D eigenvalue weighted by atomic mass is 79.9. The number of hydrogen-bond acceptors (Lipinski definition) is 6. The van der Waals surface area contributed by atoms with Crippen molar-refractivity contribution in [2.75, 3.05) is 10.2 Å². The summed E-state index contributed by atoms with van der Waals surface area (Å²) in [5.41, 5.74) is -1.88. The fourth-order valence-electron chi connectivity index (χ4n) is 5.48. The van der Waals surface area contributed by atoms with Gasteiger partial charge in [-0.2, -0.15) is 26.3 Å². The van der Waals surface area contributed by atoms with E-state index in [4.69, 9.17) is 0 Å². The Labute approximate surface area is 272 Å². The molecule has 2 unspecified atom stereocenters. The average Bonchev–Trinajstić information content (AvgIpc) is 3.43. The molecule has 2 aliphatic rings. The van der Waals surface area contributed by atoms with Crippen LogP contribution in [0.15, 0.2) is 87.1 Å². The number of thiazole rings is 1. The number of hydrogen-bond donors (Lipinski definition) is 1. The molecule has 3 aromatic carbocycles. The van der Waals surface area contributed by atoms with Crippen molar-refractivity contribution in [3.63, 3.8) is 0 Å². The maximum atomic E-state index is 13.9. The van der Waals surface area contributed by atoms with E-state index in [-0.39, 0.29) is 16.4 Å². The highest BCUT2D eigenvalue weighted by Crippen LogP contribution is 2.54. The first-order valence-electron chi connectivity index (χ1n) is 13.3. The standard InChI is InChI=1S/C30H18BrF6N3O4S2/c31-17-9-7-14(8-10-17)21-22-23(26(43)40(25(22)42)19-6-2-4-16(12-19)30(35,36)37)45-27-24(21)46-28(44)39(27)13-20(41)38-18-5-1-3-15(11-18)29(32,33)34/h1-12,21-23H,13H2,(H,38,41)/t21-,22?,23?/m1/s1. The average molecular weight is 743 g/mol. The van der Waals surface area contributed by atoms with E-state index < -0.39 is 69.7 Å². The van der Waals surface area contributed by atoms with Crippen molar-refractivity contribution in [3.8, 4) is 0 Å². The van der Waals surface area contributed by atoms with Crippen molar-refractivity contribution in [1.82, 2.24) is 4.57 Å². The number of alkyl halides is 6. The molecule has 0 bridgehead atoms. The number of anilines is 2. The van der Waals surface area contributed by atoms with Crippen molar-refractivity contribution in [2.45, 2.75) is 35.1 Å². The van der Waals surface area contributed by atoms with Crippen molar-refractivity contribution in [1.29, 1.82) is 0 Å². The molecule has 2 aliphatic heterocycles. The molecule has 46 heavy (non-hydrogen) atoms. The summed E-state index contributed by atoms with van der Waals surface area (Å²) in [4.78, 5) is 54.4. The third-order valence-corrected chi connectivity index (χ3v) is 10.6. The normalized spacial score (nSPS) is 19.6.